The first-order chi connectivity index (χ1) is 9.55. The van der Waals surface area contributed by atoms with Crippen LogP contribution in [0.4, 0.5) is 0 Å². The predicted octanol–water partition coefficient (Wildman–Crippen LogP) is 6.58. The number of aryl methyl sites for hydroxylation is 2. The van der Waals surface area contributed by atoms with Gasteiger partial charge in [-0.25, -0.2) is 0 Å². The monoisotopic (exact) mass is 396 g/mol. The van der Waals surface area contributed by atoms with Crippen LogP contribution in [0.25, 0.3) is 0 Å². The summed E-state index contributed by atoms with van der Waals surface area (Å²) in [6.45, 7) is 21.3. The fraction of sp³-hybridized carbons (Fsp3) is 0.550. The van der Waals surface area contributed by atoms with Crippen LogP contribution in [0.15, 0.2) is 18.2 Å². The molecule has 0 amide bonds. The van der Waals surface area contributed by atoms with Crippen molar-refractivity contribution in [3.63, 3.8) is 0 Å². The summed E-state index contributed by atoms with van der Waals surface area (Å²) in [5, 5.41) is 0. The van der Waals surface area contributed by atoms with E-state index in [1.807, 2.05) is 12.1 Å². The second kappa shape index (κ2) is 28.2. The Bertz CT molecular complexity index is 219. The molecule has 0 saturated carbocycles. The van der Waals surface area contributed by atoms with Gasteiger partial charge in [0.05, 0.1) is 0 Å². The van der Waals surface area contributed by atoms with E-state index in [0.29, 0.717) is 0 Å². The molecular formula is C20H36Sn. The van der Waals surface area contributed by atoms with Gasteiger partial charge in [0.15, 0.2) is 0 Å². The van der Waals surface area contributed by atoms with E-state index in [-0.39, 0.29) is 23.9 Å². The minimum absolute atomic E-state index is 0. The van der Waals surface area contributed by atoms with Crippen LogP contribution in [0.2, 0.25) is 0 Å². The molecule has 0 aliphatic rings. The molecule has 0 saturated heterocycles. The van der Waals surface area contributed by atoms with Crippen molar-refractivity contribution in [2.45, 2.75) is 73.1 Å². The average Bonchev–Trinajstić information content (AvgIpc) is 2.51. The molecule has 0 unspecified atom stereocenters. The summed E-state index contributed by atoms with van der Waals surface area (Å²) in [4.78, 5) is 0. The Morgan fingerprint density at radius 3 is 1.33 bits per heavy atom. The Balaban J connectivity index is -0.0000000973. The summed E-state index contributed by atoms with van der Waals surface area (Å²) < 4.78 is 0. The third-order valence-corrected chi connectivity index (χ3v) is 2.39. The summed E-state index contributed by atoms with van der Waals surface area (Å²) in [5.41, 5.74) is 2.56. The smallest absolute Gasteiger partial charge is 0 e. The number of hydrogen-bond donors (Lipinski definition) is 0. The van der Waals surface area contributed by atoms with E-state index in [9.17, 15) is 0 Å². The fourth-order valence-electron chi connectivity index (χ4n) is 0.604. The quantitative estimate of drug-likeness (QED) is 0.507. The molecular weight excluding hydrogens is 359 g/mol. The van der Waals surface area contributed by atoms with Gasteiger partial charge >= 0.3 is 0 Å². The van der Waals surface area contributed by atoms with E-state index in [0.717, 1.165) is 19.3 Å². The molecule has 0 aliphatic carbocycles. The van der Waals surface area contributed by atoms with Crippen LogP contribution in [-0.4, -0.2) is 23.9 Å². The number of rotatable bonds is 3. The Labute approximate surface area is 153 Å². The molecule has 0 nitrogen and oxygen atoms in total. The van der Waals surface area contributed by atoms with Gasteiger partial charge in [0.25, 0.3) is 0 Å². The van der Waals surface area contributed by atoms with Crippen molar-refractivity contribution in [2.75, 3.05) is 0 Å². The van der Waals surface area contributed by atoms with Gasteiger partial charge in [-0.2, -0.15) is 0 Å². The average molecular weight is 395 g/mol. The van der Waals surface area contributed by atoms with Crippen molar-refractivity contribution in [1.29, 1.82) is 0 Å². The normalized spacial score (nSPS) is 7.81. The Morgan fingerprint density at radius 2 is 1.19 bits per heavy atom. The molecule has 0 bridgehead atoms. The van der Waals surface area contributed by atoms with Gasteiger partial charge in [-0.05, 0) is 31.0 Å². The molecule has 0 atom stereocenters. The minimum atomic E-state index is 0. The van der Waals surface area contributed by atoms with Crippen LogP contribution in [0.1, 0.15) is 70.4 Å². The zero-order valence-electron chi connectivity index (χ0n) is 15.1. The van der Waals surface area contributed by atoms with Crippen molar-refractivity contribution in [2.24, 2.45) is 0 Å². The largest absolute Gasteiger partial charge is 0.0654 e. The molecule has 8 radical (unpaired) electrons. The maximum Gasteiger partial charge on any atom is 0 e. The van der Waals surface area contributed by atoms with Crippen molar-refractivity contribution in [3.8, 4) is 0 Å². The molecule has 0 N–H and O–H groups in total. The fourth-order valence-corrected chi connectivity index (χ4v) is 0.604. The number of unbranched alkanes of at least 4 members (excludes halogenated alkanes) is 3. The van der Waals surface area contributed by atoms with Crippen molar-refractivity contribution < 1.29 is 0 Å². The molecule has 1 aromatic rings. The van der Waals surface area contributed by atoms with Crippen molar-refractivity contribution >= 4 is 23.9 Å². The molecule has 1 rings (SSSR count). The zero-order chi connectivity index (χ0) is 16.2. The van der Waals surface area contributed by atoms with Gasteiger partial charge in [0.1, 0.15) is 0 Å². The van der Waals surface area contributed by atoms with E-state index < -0.39 is 0 Å². The summed E-state index contributed by atoms with van der Waals surface area (Å²) in [7, 11) is 0. The third kappa shape index (κ3) is 33.1. The first-order valence-corrected chi connectivity index (χ1v) is 7.87. The Morgan fingerprint density at radius 1 is 0.857 bits per heavy atom. The number of benzene rings is 1. The topological polar surface area (TPSA) is 0 Å². The van der Waals surface area contributed by atoms with E-state index >= 15 is 0 Å². The molecule has 0 heterocycles. The third-order valence-electron chi connectivity index (χ3n) is 2.39. The zero-order valence-corrected chi connectivity index (χ0v) is 18.0. The standard InChI is InChI=1S/C8H9.3C4H9.Sn/c1-7-5-3-4-6-8(7)2;3*1-3-4-2;/h3-5H,1-2H3;3*1,3-4H2,2H3;. The van der Waals surface area contributed by atoms with Crippen LogP contribution in [-0.2, 0) is 0 Å². The second-order valence-corrected chi connectivity index (χ2v) is 4.54. The first kappa shape index (κ1) is 29.1. The summed E-state index contributed by atoms with van der Waals surface area (Å²) in [6, 6.07) is 9.12. The molecule has 1 heteroatoms. The van der Waals surface area contributed by atoms with E-state index in [1.54, 1.807) is 0 Å². The molecule has 0 fully saturated rings. The Kier molecular flexibility index (Phi) is 39.1. The van der Waals surface area contributed by atoms with Crippen molar-refractivity contribution in [3.05, 3.63) is 56.2 Å². The van der Waals surface area contributed by atoms with E-state index in [1.165, 1.54) is 30.4 Å². The SMILES string of the molecule is Cc1[c]cccc1C.[CH2]CCC.[CH2]CCC.[CH2]CCC.[Sn]. The summed E-state index contributed by atoms with van der Waals surface area (Å²) in [6.07, 6.45) is 6.83. The van der Waals surface area contributed by atoms with Gasteiger partial charge in [0.2, 0.25) is 0 Å². The molecule has 0 spiro atoms. The van der Waals surface area contributed by atoms with Crippen LogP contribution in [0.3, 0.4) is 0 Å². The van der Waals surface area contributed by atoms with Gasteiger partial charge in [-0.3, -0.25) is 0 Å². The second-order valence-electron chi connectivity index (χ2n) is 4.54. The van der Waals surface area contributed by atoms with E-state index in [2.05, 4.69) is 67.5 Å². The van der Waals surface area contributed by atoms with E-state index in [4.69, 9.17) is 0 Å². The Hall–Kier alpha value is 0.0187. The van der Waals surface area contributed by atoms with Gasteiger partial charge in [-0.15, -0.1) is 0 Å². The minimum Gasteiger partial charge on any atom is -0.0654 e. The van der Waals surface area contributed by atoms with Gasteiger partial charge < -0.3 is 0 Å². The van der Waals surface area contributed by atoms with Crippen LogP contribution < -0.4 is 0 Å². The molecule has 21 heavy (non-hydrogen) atoms. The summed E-state index contributed by atoms with van der Waals surface area (Å²) >= 11 is 0. The summed E-state index contributed by atoms with van der Waals surface area (Å²) in [5.74, 6) is 0. The van der Waals surface area contributed by atoms with Crippen LogP contribution in [0.5, 0.6) is 0 Å². The van der Waals surface area contributed by atoms with Gasteiger partial charge in [0, 0.05) is 23.9 Å². The maximum atomic E-state index is 3.60. The predicted molar refractivity (Wildman–Crippen MR) is 101 cm³/mol. The molecule has 0 aliphatic heterocycles. The maximum absolute atomic E-state index is 3.60. The molecule has 0 aromatic heterocycles. The molecule has 1 aromatic carbocycles. The number of hydrogen-bond acceptors (Lipinski definition) is 0. The van der Waals surface area contributed by atoms with Crippen molar-refractivity contribution in [1.82, 2.24) is 0 Å². The molecule has 120 valence electrons. The van der Waals surface area contributed by atoms with Crippen LogP contribution >= 0.6 is 0 Å². The first-order valence-electron chi connectivity index (χ1n) is 7.87. The van der Waals surface area contributed by atoms with Gasteiger partial charge in [-0.1, -0.05) is 98.3 Å². The van der Waals surface area contributed by atoms with Crippen LogP contribution in [0, 0.1) is 40.7 Å².